The lowest BCUT2D eigenvalue weighted by molar-refractivity contribution is -0.528. The molecule has 0 radical (unpaired) electrons. The Morgan fingerprint density at radius 1 is 1.00 bits per heavy atom. The van der Waals surface area contributed by atoms with Crippen LogP contribution in [0, 0.1) is 15.9 Å². The zero-order valence-corrected chi connectivity index (χ0v) is 17.0. The van der Waals surface area contributed by atoms with Crippen LogP contribution < -0.4 is 0 Å². The smallest absolute Gasteiger partial charge is 0.248 e. The van der Waals surface area contributed by atoms with E-state index in [4.69, 9.17) is 0 Å². The summed E-state index contributed by atoms with van der Waals surface area (Å²) in [4.78, 5) is 14.8. The van der Waals surface area contributed by atoms with Gasteiger partial charge in [-0.25, -0.2) is 4.39 Å². The standard InChI is InChI=1S/C23H21FN2O2S/c1-25(2)20-14-21(16-10-12-17(24)13-11-16)29-23(22(20)26(27)28)19-9-5-7-15-6-3-4-8-18(15)19/h3-14,20,22-23H,1-2H3/t20-,22+,23-/m0/s1. The fraction of sp³-hybridized carbons (Fsp3) is 0.217. The van der Waals surface area contributed by atoms with Crippen molar-refractivity contribution in [1.82, 2.24) is 4.90 Å². The molecule has 0 N–H and O–H groups in total. The van der Waals surface area contributed by atoms with E-state index in [1.54, 1.807) is 12.1 Å². The van der Waals surface area contributed by atoms with Gasteiger partial charge in [0.1, 0.15) is 11.1 Å². The van der Waals surface area contributed by atoms with Crippen LogP contribution in [0.25, 0.3) is 15.7 Å². The minimum atomic E-state index is -0.801. The molecular weight excluding hydrogens is 387 g/mol. The molecule has 0 fully saturated rings. The van der Waals surface area contributed by atoms with Crippen molar-refractivity contribution in [2.24, 2.45) is 0 Å². The number of thioether (sulfide) groups is 1. The quantitative estimate of drug-likeness (QED) is 0.429. The number of hydrogen-bond donors (Lipinski definition) is 0. The summed E-state index contributed by atoms with van der Waals surface area (Å²) in [5.41, 5.74) is 1.82. The van der Waals surface area contributed by atoms with Crippen molar-refractivity contribution in [3.63, 3.8) is 0 Å². The van der Waals surface area contributed by atoms with Crippen LogP contribution in [0.1, 0.15) is 16.4 Å². The Morgan fingerprint density at radius 3 is 2.38 bits per heavy atom. The van der Waals surface area contributed by atoms with Gasteiger partial charge in [-0.2, -0.15) is 0 Å². The Labute approximate surface area is 173 Å². The van der Waals surface area contributed by atoms with Crippen LogP contribution in [0.2, 0.25) is 0 Å². The van der Waals surface area contributed by atoms with Gasteiger partial charge in [0.15, 0.2) is 0 Å². The summed E-state index contributed by atoms with van der Waals surface area (Å²) in [6, 6.07) is 19.1. The highest BCUT2D eigenvalue weighted by atomic mass is 32.2. The zero-order valence-electron chi connectivity index (χ0n) is 16.2. The van der Waals surface area contributed by atoms with Crippen LogP contribution in [-0.2, 0) is 0 Å². The van der Waals surface area contributed by atoms with E-state index in [9.17, 15) is 14.5 Å². The second kappa shape index (κ2) is 7.97. The Bertz CT molecular complexity index is 1080. The van der Waals surface area contributed by atoms with Crippen molar-refractivity contribution in [3.05, 3.63) is 99.9 Å². The van der Waals surface area contributed by atoms with E-state index in [1.165, 1.54) is 23.9 Å². The lowest BCUT2D eigenvalue weighted by Gasteiger charge is -2.35. The number of benzene rings is 3. The third kappa shape index (κ3) is 3.78. The highest BCUT2D eigenvalue weighted by Crippen LogP contribution is 2.49. The molecular formula is C23H21FN2O2S. The van der Waals surface area contributed by atoms with Gasteiger partial charge in [-0.15, -0.1) is 11.8 Å². The van der Waals surface area contributed by atoms with E-state index < -0.39 is 6.04 Å². The summed E-state index contributed by atoms with van der Waals surface area (Å²) in [5, 5.41) is 13.9. The Balaban J connectivity index is 1.88. The molecule has 0 aromatic heterocycles. The van der Waals surface area contributed by atoms with Gasteiger partial charge in [-0.3, -0.25) is 15.0 Å². The largest absolute Gasteiger partial charge is 0.297 e. The lowest BCUT2D eigenvalue weighted by Crippen LogP contribution is -2.46. The average molecular weight is 408 g/mol. The first-order valence-electron chi connectivity index (χ1n) is 9.37. The zero-order chi connectivity index (χ0) is 20.5. The fourth-order valence-corrected chi connectivity index (χ4v) is 5.39. The molecule has 4 rings (SSSR count). The topological polar surface area (TPSA) is 46.4 Å². The first-order valence-corrected chi connectivity index (χ1v) is 10.3. The van der Waals surface area contributed by atoms with Crippen LogP contribution in [0.4, 0.5) is 4.39 Å². The maximum absolute atomic E-state index is 13.4. The van der Waals surface area contributed by atoms with E-state index >= 15 is 0 Å². The monoisotopic (exact) mass is 408 g/mol. The summed E-state index contributed by atoms with van der Waals surface area (Å²) >= 11 is 1.49. The highest BCUT2D eigenvalue weighted by Gasteiger charge is 2.45. The van der Waals surface area contributed by atoms with Crippen molar-refractivity contribution in [2.45, 2.75) is 17.3 Å². The van der Waals surface area contributed by atoms with Gasteiger partial charge in [0.2, 0.25) is 6.04 Å². The van der Waals surface area contributed by atoms with Gasteiger partial charge in [0.25, 0.3) is 0 Å². The van der Waals surface area contributed by atoms with E-state index in [0.29, 0.717) is 0 Å². The molecule has 0 saturated heterocycles. The van der Waals surface area contributed by atoms with E-state index in [-0.39, 0.29) is 22.0 Å². The van der Waals surface area contributed by atoms with Crippen molar-refractivity contribution >= 4 is 27.4 Å². The van der Waals surface area contributed by atoms with Gasteiger partial charge >= 0.3 is 0 Å². The van der Waals surface area contributed by atoms with Crippen molar-refractivity contribution in [3.8, 4) is 0 Å². The summed E-state index contributed by atoms with van der Waals surface area (Å²) in [5.74, 6) is -0.298. The molecule has 1 aliphatic heterocycles. The molecule has 29 heavy (non-hydrogen) atoms. The Morgan fingerprint density at radius 2 is 1.69 bits per heavy atom. The molecule has 0 saturated carbocycles. The first-order chi connectivity index (χ1) is 14.0. The minimum Gasteiger partial charge on any atom is -0.297 e. The number of hydrogen-bond acceptors (Lipinski definition) is 4. The van der Waals surface area contributed by atoms with Crippen molar-refractivity contribution in [1.29, 1.82) is 0 Å². The second-order valence-electron chi connectivity index (χ2n) is 7.37. The fourth-order valence-electron chi connectivity index (χ4n) is 3.89. The second-order valence-corrected chi connectivity index (χ2v) is 8.56. The predicted octanol–water partition coefficient (Wildman–Crippen LogP) is 5.38. The molecule has 6 heteroatoms. The summed E-state index contributed by atoms with van der Waals surface area (Å²) in [6.07, 6.45) is 1.94. The highest BCUT2D eigenvalue weighted by molar-refractivity contribution is 8.08. The first kappa shape index (κ1) is 19.6. The van der Waals surface area contributed by atoms with Crippen molar-refractivity contribution in [2.75, 3.05) is 14.1 Å². The predicted molar refractivity (Wildman–Crippen MR) is 117 cm³/mol. The van der Waals surface area contributed by atoms with Crippen LogP contribution >= 0.6 is 11.8 Å². The summed E-state index contributed by atoms with van der Waals surface area (Å²) in [6.45, 7) is 0. The third-order valence-electron chi connectivity index (χ3n) is 5.33. The van der Waals surface area contributed by atoms with E-state index in [1.807, 2.05) is 67.5 Å². The molecule has 1 heterocycles. The van der Waals surface area contributed by atoms with Gasteiger partial charge in [0.05, 0.1) is 6.04 Å². The molecule has 0 aliphatic carbocycles. The molecule has 3 aromatic carbocycles. The summed E-state index contributed by atoms with van der Waals surface area (Å²) < 4.78 is 13.4. The minimum absolute atomic E-state index is 0.165. The molecule has 4 nitrogen and oxygen atoms in total. The van der Waals surface area contributed by atoms with Gasteiger partial charge in [-0.05, 0) is 54.2 Å². The maximum Gasteiger partial charge on any atom is 0.248 e. The molecule has 0 bridgehead atoms. The normalized spacial score (nSPS) is 21.9. The van der Waals surface area contributed by atoms with Crippen LogP contribution in [-0.4, -0.2) is 36.0 Å². The average Bonchev–Trinajstić information content (AvgIpc) is 2.72. The van der Waals surface area contributed by atoms with Crippen molar-refractivity contribution < 1.29 is 9.31 Å². The molecule has 148 valence electrons. The Hall–Kier alpha value is -2.70. The van der Waals surface area contributed by atoms with E-state index in [2.05, 4.69) is 0 Å². The molecule has 0 spiro atoms. The summed E-state index contributed by atoms with van der Waals surface area (Å²) in [7, 11) is 3.71. The molecule has 3 aromatic rings. The van der Waals surface area contributed by atoms with Crippen LogP contribution in [0.5, 0.6) is 0 Å². The number of likely N-dealkylation sites (N-methyl/N-ethyl adjacent to an activating group) is 1. The van der Waals surface area contributed by atoms with Gasteiger partial charge in [-0.1, -0.05) is 54.6 Å². The van der Waals surface area contributed by atoms with E-state index in [0.717, 1.165) is 26.8 Å². The van der Waals surface area contributed by atoms with Crippen LogP contribution in [0.3, 0.4) is 0 Å². The lowest BCUT2D eigenvalue weighted by atomic mass is 9.93. The molecule has 0 amide bonds. The number of rotatable bonds is 4. The van der Waals surface area contributed by atoms with Gasteiger partial charge < -0.3 is 0 Å². The molecule has 3 atom stereocenters. The number of nitrogens with zero attached hydrogens (tertiary/aromatic N) is 2. The number of halogens is 1. The van der Waals surface area contributed by atoms with Crippen LogP contribution in [0.15, 0.2) is 72.8 Å². The Kier molecular flexibility index (Phi) is 5.39. The molecule has 0 unspecified atom stereocenters. The van der Waals surface area contributed by atoms with Gasteiger partial charge in [0, 0.05) is 9.83 Å². The SMILES string of the molecule is CN(C)[C@H]1C=C(c2ccc(F)cc2)S[C@@H](c2cccc3ccccc23)[C@@H]1[N+](=O)[O-]. The number of nitro groups is 1. The number of fused-ring (bicyclic) bond motifs is 1. The maximum atomic E-state index is 13.4. The molecule has 1 aliphatic rings. The third-order valence-corrected chi connectivity index (χ3v) is 6.75.